The molecule has 0 aromatic carbocycles. The molecule has 18 heavy (non-hydrogen) atoms. The predicted molar refractivity (Wildman–Crippen MR) is 73.2 cm³/mol. The van der Waals surface area contributed by atoms with Gasteiger partial charge in [0, 0.05) is 26.6 Å². The van der Waals surface area contributed by atoms with Crippen LogP contribution in [0.4, 0.5) is 0 Å². The molecule has 0 bridgehead atoms. The van der Waals surface area contributed by atoms with Gasteiger partial charge in [0.2, 0.25) is 11.8 Å². The summed E-state index contributed by atoms with van der Waals surface area (Å²) in [5, 5.41) is 5.80. The maximum absolute atomic E-state index is 12.0. The summed E-state index contributed by atoms with van der Waals surface area (Å²) in [6.07, 6.45) is 0.662. The van der Waals surface area contributed by atoms with E-state index in [9.17, 15) is 9.59 Å². The molecule has 2 atom stereocenters. The lowest BCUT2D eigenvalue weighted by molar-refractivity contribution is -0.135. The molecule has 0 aliphatic rings. The van der Waals surface area contributed by atoms with Gasteiger partial charge in [0.1, 0.15) is 6.04 Å². The van der Waals surface area contributed by atoms with Gasteiger partial charge in [-0.15, -0.1) is 0 Å². The van der Waals surface area contributed by atoms with E-state index in [1.807, 2.05) is 20.8 Å². The molecule has 2 unspecified atom stereocenters. The standard InChI is InChI=1S/C13H27N3O2/c1-9(2)7-11(13(18)16(5)6)15-12(17)10(3)8-14-4/h9-11,14H,7-8H2,1-6H3,(H,15,17). The summed E-state index contributed by atoms with van der Waals surface area (Å²) in [7, 11) is 5.22. The van der Waals surface area contributed by atoms with Gasteiger partial charge in [0.05, 0.1) is 0 Å². The van der Waals surface area contributed by atoms with Gasteiger partial charge in [-0.25, -0.2) is 0 Å². The Morgan fingerprint density at radius 2 is 1.72 bits per heavy atom. The minimum atomic E-state index is -0.424. The molecule has 2 N–H and O–H groups in total. The summed E-state index contributed by atoms with van der Waals surface area (Å²) in [5.74, 6) is 0.0948. The molecule has 0 heterocycles. The minimum absolute atomic E-state index is 0.0475. The number of nitrogens with zero attached hydrogens (tertiary/aromatic N) is 1. The zero-order valence-corrected chi connectivity index (χ0v) is 12.4. The molecule has 0 aliphatic carbocycles. The van der Waals surface area contributed by atoms with E-state index < -0.39 is 6.04 Å². The van der Waals surface area contributed by atoms with Crippen LogP contribution < -0.4 is 10.6 Å². The van der Waals surface area contributed by atoms with Gasteiger partial charge < -0.3 is 15.5 Å². The second-order valence-electron chi connectivity index (χ2n) is 5.38. The van der Waals surface area contributed by atoms with Crippen molar-refractivity contribution in [1.82, 2.24) is 15.5 Å². The highest BCUT2D eigenvalue weighted by atomic mass is 16.2. The highest BCUT2D eigenvalue weighted by molar-refractivity contribution is 5.88. The van der Waals surface area contributed by atoms with E-state index in [1.165, 1.54) is 4.90 Å². The Hall–Kier alpha value is -1.10. The highest BCUT2D eigenvalue weighted by Crippen LogP contribution is 2.08. The molecule has 0 fully saturated rings. The largest absolute Gasteiger partial charge is 0.347 e. The summed E-state index contributed by atoms with van der Waals surface area (Å²) >= 11 is 0. The Kier molecular flexibility index (Phi) is 7.59. The number of carbonyl (C=O) groups is 2. The van der Waals surface area contributed by atoms with Crippen molar-refractivity contribution in [2.45, 2.75) is 33.2 Å². The molecular weight excluding hydrogens is 230 g/mol. The Bertz CT molecular complexity index is 277. The first kappa shape index (κ1) is 16.9. The Labute approximate surface area is 110 Å². The maximum Gasteiger partial charge on any atom is 0.244 e. The number of likely N-dealkylation sites (N-methyl/N-ethyl adjacent to an activating group) is 1. The van der Waals surface area contributed by atoms with Crippen molar-refractivity contribution in [2.75, 3.05) is 27.7 Å². The van der Waals surface area contributed by atoms with E-state index in [4.69, 9.17) is 0 Å². The van der Waals surface area contributed by atoms with Crippen LogP contribution in [0.5, 0.6) is 0 Å². The average Bonchev–Trinajstić information content (AvgIpc) is 2.26. The molecule has 0 aromatic heterocycles. The monoisotopic (exact) mass is 257 g/mol. The van der Waals surface area contributed by atoms with Crippen LogP contribution in [0.1, 0.15) is 27.2 Å². The first-order valence-electron chi connectivity index (χ1n) is 6.45. The third-order valence-corrected chi connectivity index (χ3v) is 2.72. The fraction of sp³-hybridized carbons (Fsp3) is 0.846. The molecule has 5 nitrogen and oxygen atoms in total. The van der Waals surface area contributed by atoms with Crippen LogP contribution in [-0.2, 0) is 9.59 Å². The van der Waals surface area contributed by atoms with Crippen LogP contribution in [0.2, 0.25) is 0 Å². The van der Waals surface area contributed by atoms with Crippen LogP contribution in [-0.4, -0.2) is 50.4 Å². The topological polar surface area (TPSA) is 61.4 Å². The number of hydrogen-bond donors (Lipinski definition) is 2. The van der Waals surface area contributed by atoms with Crippen molar-refractivity contribution in [2.24, 2.45) is 11.8 Å². The molecule has 0 saturated carbocycles. The quantitative estimate of drug-likeness (QED) is 0.696. The highest BCUT2D eigenvalue weighted by Gasteiger charge is 2.25. The molecule has 2 amide bonds. The van der Waals surface area contributed by atoms with Crippen LogP contribution in [0.15, 0.2) is 0 Å². The summed E-state index contributed by atoms with van der Waals surface area (Å²) in [4.78, 5) is 25.4. The van der Waals surface area contributed by atoms with E-state index in [-0.39, 0.29) is 17.7 Å². The number of rotatable bonds is 7. The van der Waals surface area contributed by atoms with Gasteiger partial charge in [-0.3, -0.25) is 9.59 Å². The van der Waals surface area contributed by atoms with E-state index >= 15 is 0 Å². The minimum Gasteiger partial charge on any atom is -0.347 e. The van der Waals surface area contributed by atoms with Gasteiger partial charge in [-0.1, -0.05) is 20.8 Å². The number of nitrogens with one attached hydrogen (secondary N) is 2. The van der Waals surface area contributed by atoms with Gasteiger partial charge in [0.15, 0.2) is 0 Å². The molecule has 0 spiro atoms. The fourth-order valence-corrected chi connectivity index (χ4v) is 1.72. The lowest BCUT2D eigenvalue weighted by Crippen LogP contribution is -2.49. The molecule has 0 rings (SSSR count). The first-order chi connectivity index (χ1) is 8.29. The Morgan fingerprint density at radius 1 is 1.17 bits per heavy atom. The fourth-order valence-electron chi connectivity index (χ4n) is 1.72. The predicted octanol–water partition coefficient (Wildman–Crippen LogP) is 0.461. The molecule has 5 heteroatoms. The smallest absolute Gasteiger partial charge is 0.244 e. The number of carbonyl (C=O) groups excluding carboxylic acids is 2. The van der Waals surface area contributed by atoms with Crippen LogP contribution in [0.3, 0.4) is 0 Å². The molecular formula is C13H27N3O2. The SMILES string of the molecule is CNCC(C)C(=O)NC(CC(C)C)C(=O)N(C)C. The molecule has 106 valence electrons. The number of amides is 2. The summed E-state index contributed by atoms with van der Waals surface area (Å²) < 4.78 is 0. The first-order valence-corrected chi connectivity index (χ1v) is 6.45. The van der Waals surface area contributed by atoms with E-state index in [0.717, 1.165) is 0 Å². The average molecular weight is 257 g/mol. The molecule has 0 radical (unpaired) electrons. The Morgan fingerprint density at radius 3 is 2.11 bits per heavy atom. The van der Waals surface area contributed by atoms with Crippen molar-refractivity contribution >= 4 is 11.8 Å². The van der Waals surface area contributed by atoms with Crippen molar-refractivity contribution in [3.63, 3.8) is 0 Å². The maximum atomic E-state index is 12.0. The van der Waals surface area contributed by atoms with Gasteiger partial charge in [-0.05, 0) is 19.4 Å². The van der Waals surface area contributed by atoms with Gasteiger partial charge >= 0.3 is 0 Å². The zero-order valence-electron chi connectivity index (χ0n) is 12.4. The van der Waals surface area contributed by atoms with Crippen molar-refractivity contribution in [1.29, 1.82) is 0 Å². The Balaban J connectivity index is 4.58. The normalized spacial score (nSPS) is 14.2. The van der Waals surface area contributed by atoms with Gasteiger partial charge in [-0.2, -0.15) is 0 Å². The molecule has 0 saturated heterocycles. The third-order valence-electron chi connectivity index (χ3n) is 2.72. The zero-order chi connectivity index (χ0) is 14.3. The van der Waals surface area contributed by atoms with Gasteiger partial charge in [0.25, 0.3) is 0 Å². The third kappa shape index (κ3) is 6.00. The van der Waals surface area contributed by atoms with Crippen molar-refractivity contribution < 1.29 is 9.59 Å². The second kappa shape index (κ2) is 8.08. The summed E-state index contributed by atoms with van der Waals surface area (Å²) in [6.45, 7) is 6.53. The van der Waals surface area contributed by atoms with E-state index in [0.29, 0.717) is 18.9 Å². The van der Waals surface area contributed by atoms with E-state index in [1.54, 1.807) is 21.1 Å². The summed E-state index contributed by atoms with van der Waals surface area (Å²) in [5.41, 5.74) is 0. The number of hydrogen-bond acceptors (Lipinski definition) is 3. The van der Waals surface area contributed by atoms with Crippen LogP contribution in [0.25, 0.3) is 0 Å². The summed E-state index contributed by atoms with van der Waals surface area (Å²) in [6, 6.07) is -0.424. The molecule has 0 aliphatic heterocycles. The van der Waals surface area contributed by atoms with Crippen molar-refractivity contribution in [3.05, 3.63) is 0 Å². The van der Waals surface area contributed by atoms with Crippen molar-refractivity contribution in [3.8, 4) is 0 Å². The lowest BCUT2D eigenvalue weighted by Gasteiger charge is -2.24. The molecule has 0 aromatic rings. The lowest BCUT2D eigenvalue weighted by atomic mass is 10.0. The second-order valence-corrected chi connectivity index (χ2v) is 5.38. The van der Waals surface area contributed by atoms with Crippen LogP contribution in [0, 0.1) is 11.8 Å². The van der Waals surface area contributed by atoms with E-state index in [2.05, 4.69) is 10.6 Å². The van der Waals surface area contributed by atoms with Crippen LogP contribution >= 0.6 is 0 Å².